The third-order valence-corrected chi connectivity index (χ3v) is 3.07. The van der Waals surface area contributed by atoms with E-state index in [9.17, 15) is 0 Å². The quantitative estimate of drug-likeness (QED) is 0.860. The molecule has 0 amide bonds. The topological polar surface area (TPSA) is 42.2 Å². The van der Waals surface area contributed by atoms with Crippen LogP contribution in [0.15, 0.2) is 12.3 Å². The molecule has 3 nitrogen and oxygen atoms in total. The van der Waals surface area contributed by atoms with Gasteiger partial charge < -0.3 is 10.6 Å². The van der Waals surface area contributed by atoms with Gasteiger partial charge in [0.25, 0.3) is 0 Å². The number of anilines is 1. The molecule has 0 fully saturated rings. The third-order valence-electron chi connectivity index (χ3n) is 2.18. The highest BCUT2D eigenvalue weighted by atomic mass is 35.5. The molecule has 1 rings (SSSR count). The first kappa shape index (κ1) is 13.5. The van der Waals surface area contributed by atoms with Crippen LogP contribution in [0.5, 0.6) is 0 Å². The minimum Gasteiger partial charge on any atom is -0.393 e. The van der Waals surface area contributed by atoms with Crippen LogP contribution in [-0.4, -0.2) is 23.6 Å². The first-order valence-corrected chi connectivity index (χ1v) is 5.89. The molecule has 1 heterocycles. The third kappa shape index (κ3) is 3.47. The highest BCUT2D eigenvalue weighted by Crippen LogP contribution is 2.25. The average molecular weight is 278 g/mol. The lowest BCUT2D eigenvalue weighted by atomic mass is 10.2. The fraction of sp³-hybridized carbons (Fsp3) is 0.400. The Bertz CT molecular complexity index is 398. The molecule has 0 bridgehead atoms. The van der Waals surface area contributed by atoms with Gasteiger partial charge in [0.1, 0.15) is 5.82 Å². The zero-order valence-electron chi connectivity index (χ0n) is 9.08. The molecule has 0 aromatic carbocycles. The Balaban J connectivity index is 2.80. The van der Waals surface area contributed by atoms with Crippen molar-refractivity contribution < 1.29 is 0 Å². The summed E-state index contributed by atoms with van der Waals surface area (Å²) in [6.45, 7) is 2.63. The smallest absolute Gasteiger partial charge is 0.147 e. The summed E-state index contributed by atoms with van der Waals surface area (Å²) >= 11 is 16.7. The maximum Gasteiger partial charge on any atom is 0.147 e. The Kier molecular flexibility index (Phi) is 4.77. The summed E-state index contributed by atoms with van der Waals surface area (Å²) in [7, 11) is 1.89. The van der Waals surface area contributed by atoms with E-state index in [1.807, 2.05) is 18.9 Å². The van der Waals surface area contributed by atoms with E-state index in [2.05, 4.69) is 4.98 Å². The van der Waals surface area contributed by atoms with Crippen LogP contribution < -0.4 is 10.6 Å². The van der Waals surface area contributed by atoms with Crippen LogP contribution in [0.25, 0.3) is 0 Å². The highest BCUT2D eigenvalue weighted by molar-refractivity contribution is 7.80. The predicted molar refractivity (Wildman–Crippen MR) is 73.5 cm³/mol. The van der Waals surface area contributed by atoms with Gasteiger partial charge in [0.05, 0.1) is 15.0 Å². The minimum atomic E-state index is 0.105. The normalized spacial score (nSPS) is 12.2. The Hall–Kier alpha value is -0.580. The minimum absolute atomic E-state index is 0.105. The molecule has 2 N–H and O–H groups in total. The number of nitrogens with zero attached hydrogens (tertiary/aromatic N) is 2. The standard InChI is InChI=1S/C10H13Cl2N3S/c1-6(9(13)16)5-15(2)10-8(12)3-7(11)4-14-10/h3-4,6H,5H2,1-2H3,(H2,13,16). The number of aromatic nitrogens is 1. The highest BCUT2D eigenvalue weighted by Gasteiger charge is 2.13. The van der Waals surface area contributed by atoms with Crippen LogP contribution in [-0.2, 0) is 0 Å². The summed E-state index contributed by atoms with van der Waals surface area (Å²) in [6.07, 6.45) is 1.56. The molecule has 0 saturated heterocycles. The van der Waals surface area contributed by atoms with E-state index in [0.717, 1.165) is 0 Å². The number of hydrogen-bond donors (Lipinski definition) is 1. The van der Waals surface area contributed by atoms with Crippen LogP contribution in [0.3, 0.4) is 0 Å². The van der Waals surface area contributed by atoms with Crippen molar-refractivity contribution in [2.75, 3.05) is 18.5 Å². The van der Waals surface area contributed by atoms with Gasteiger partial charge in [0.2, 0.25) is 0 Å². The lowest BCUT2D eigenvalue weighted by Crippen LogP contribution is -2.31. The number of pyridine rings is 1. The number of halogens is 2. The number of hydrogen-bond acceptors (Lipinski definition) is 3. The van der Waals surface area contributed by atoms with Crippen molar-refractivity contribution in [2.45, 2.75) is 6.92 Å². The first-order valence-electron chi connectivity index (χ1n) is 4.73. The molecule has 0 aliphatic carbocycles. The van der Waals surface area contributed by atoms with Gasteiger partial charge in [-0.2, -0.15) is 0 Å². The van der Waals surface area contributed by atoms with Gasteiger partial charge in [-0.15, -0.1) is 0 Å². The molecule has 0 aliphatic heterocycles. The van der Waals surface area contributed by atoms with Gasteiger partial charge in [-0.3, -0.25) is 0 Å². The Labute approximate surface area is 111 Å². The number of thiocarbonyl (C=S) groups is 1. The maximum absolute atomic E-state index is 6.03. The molecule has 0 saturated carbocycles. The summed E-state index contributed by atoms with van der Waals surface area (Å²) in [5.74, 6) is 0.780. The van der Waals surface area contributed by atoms with E-state index in [-0.39, 0.29) is 5.92 Å². The van der Waals surface area contributed by atoms with Crippen molar-refractivity contribution in [3.05, 3.63) is 22.3 Å². The summed E-state index contributed by atoms with van der Waals surface area (Å²) in [4.78, 5) is 6.56. The van der Waals surface area contributed by atoms with Crippen molar-refractivity contribution in [2.24, 2.45) is 11.7 Å². The van der Waals surface area contributed by atoms with Crippen molar-refractivity contribution in [1.82, 2.24) is 4.98 Å². The van der Waals surface area contributed by atoms with Crippen LogP contribution in [0.1, 0.15) is 6.92 Å². The lowest BCUT2D eigenvalue weighted by molar-refractivity contribution is 0.735. The molecule has 0 radical (unpaired) electrons. The van der Waals surface area contributed by atoms with Crippen LogP contribution in [0, 0.1) is 5.92 Å². The molecule has 0 aliphatic rings. The van der Waals surface area contributed by atoms with Crippen molar-refractivity contribution in [3.8, 4) is 0 Å². The van der Waals surface area contributed by atoms with E-state index in [1.54, 1.807) is 12.3 Å². The second-order valence-corrected chi connectivity index (χ2v) is 4.96. The van der Waals surface area contributed by atoms with Crippen LogP contribution >= 0.6 is 35.4 Å². The molecule has 88 valence electrons. The second kappa shape index (κ2) is 5.66. The van der Waals surface area contributed by atoms with Gasteiger partial charge in [-0.25, -0.2) is 4.98 Å². The van der Waals surface area contributed by atoms with Gasteiger partial charge in [0, 0.05) is 25.7 Å². The van der Waals surface area contributed by atoms with E-state index in [1.165, 1.54) is 0 Å². The lowest BCUT2D eigenvalue weighted by Gasteiger charge is -2.22. The predicted octanol–water partition coefficient (Wildman–Crippen LogP) is 2.75. The summed E-state index contributed by atoms with van der Waals surface area (Å²) in [5, 5.41) is 1.04. The fourth-order valence-corrected chi connectivity index (χ4v) is 1.87. The fourth-order valence-electron chi connectivity index (χ4n) is 1.28. The van der Waals surface area contributed by atoms with E-state index in [0.29, 0.717) is 27.4 Å². The Morgan fingerprint density at radius 1 is 1.62 bits per heavy atom. The molecule has 1 aromatic rings. The monoisotopic (exact) mass is 277 g/mol. The number of nitrogens with two attached hydrogens (primary N) is 1. The molecular weight excluding hydrogens is 265 g/mol. The van der Waals surface area contributed by atoms with Crippen LogP contribution in [0.4, 0.5) is 5.82 Å². The van der Waals surface area contributed by atoms with Gasteiger partial charge >= 0.3 is 0 Å². The molecule has 16 heavy (non-hydrogen) atoms. The van der Waals surface area contributed by atoms with E-state index >= 15 is 0 Å². The second-order valence-electron chi connectivity index (χ2n) is 3.64. The Morgan fingerprint density at radius 2 is 2.25 bits per heavy atom. The summed E-state index contributed by atoms with van der Waals surface area (Å²) in [5.41, 5.74) is 5.55. The average Bonchev–Trinajstić information content (AvgIpc) is 2.16. The molecule has 1 atom stereocenters. The van der Waals surface area contributed by atoms with E-state index in [4.69, 9.17) is 41.2 Å². The first-order chi connectivity index (χ1) is 7.41. The molecule has 6 heteroatoms. The van der Waals surface area contributed by atoms with Gasteiger partial charge in [-0.05, 0) is 6.07 Å². The molecular formula is C10H13Cl2N3S. The molecule has 1 aromatic heterocycles. The zero-order chi connectivity index (χ0) is 12.3. The molecule has 0 spiro atoms. The summed E-state index contributed by atoms with van der Waals surface area (Å²) in [6, 6.07) is 1.66. The maximum atomic E-state index is 6.03. The zero-order valence-corrected chi connectivity index (χ0v) is 11.4. The largest absolute Gasteiger partial charge is 0.393 e. The molecule has 1 unspecified atom stereocenters. The van der Waals surface area contributed by atoms with Crippen molar-refractivity contribution in [3.63, 3.8) is 0 Å². The van der Waals surface area contributed by atoms with Crippen LogP contribution in [0.2, 0.25) is 10.0 Å². The van der Waals surface area contributed by atoms with Gasteiger partial charge in [-0.1, -0.05) is 42.3 Å². The SMILES string of the molecule is CC(CN(C)c1ncc(Cl)cc1Cl)C(N)=S. The number of rotatable bonds is 4. The Morgan fingerprint density at radius 3 is 2.75 bits per heavy atom. The van der Waals surface area contributed by atoms with Crippen molar-refractivity contribution >= 4 is 46.2 Å². The summed E-state index contributed by atoms with van der Waals surface area (Å²) < 4.78 is 0. The van der Waals surface area contributed by atoms with Crippen molar-refractivity contribution in [1.29, 1.82) is 0 Å². The van der Waals surface area contributed by atoms with E-state index < -0.39 is 0 Å². The van der Waals surface area contributed by atoms with Gasteiger partial charge in [0.15, 0.2) is 0 Å².